The van der Waals surface area contributed by atoms with Crippen molar-refractivity contribution in [2.45, 2.75) is 39.0 Å². The van der Waals surface area contributed by atoms with Crippen LogP contribution in [0, 0.1) is 0 Å². The number of aromatic nitrogens is 2. The van der Waals surface area contributed by atoms with Crippen LogP contribution in [0.15, 0.2) is 30.3 Å². The smallest absolute Gasteiger partial charge is 0.203 e. The van der Waals surface area contributed by atoms with Crippen LogP contribution >= 0.6 is 0 Å². The Bertz CT molecular complexity index is 752. The predicted molar refractivity (Wildman–Crippen MR) is 98.0 cm³/mol. The molecular formula is C20H25ClN4. The molecule has 2 aromatic rings. The summed E-state index contributed by atoms with van der Waals surface area (Å²) in [7, 11) is 0. The van der Waals surface area contributed by atoms with Crippen LogP contribution in [0.3, 0.4) is 0 Å². The molecule has 4 nitrogen and oxygen atoms in total. The summed E-state index contributed by atoms with van der Waals surface area (Å²) in [6.07, 6.45) is 8.11. The molecule has 1 aromatic carbocycles. The van der Waals surface area contributed by atoms with Gasteiger partial charge in [0.25, 0.3) is 0 Å². The van der Waals surface area contributed by atoms with Crippen molar-refractivity contribution in [2.75, 3.05) is 18.0 Å². The number of benzene rings is 1. The summed E-state index contributed by atoms with van der Waals surface area (Å²) in [5, 5.41) is 2.27. The van der Waals surface area contributed by atoms with Gasteiger partial charge in [0.15, 0.2) is 5.82 Å². The van der Waals surface area contributed by atoms with Gasteiger partial charge < -0.3 is 17.3 Å². The summed E-state index contributed by atoms with van der Waals surface area (Å²) in [4.78, 5) is 12.2. The van der Waals surface area contributed by atoms with Gasteiger partial charge in [-0.25, -0.2) is 9.97 Å². The maximum absolute atomic E-state index is 4.94. The molecule has 0 atom stereocenters. The lowest BCUT2D eigenvalue weighted by Crippen LogP contribution is -3.00. The van der Waals surface area contributed by atoms with Crippen LogP contribution in [0.1, 0.15) is 49.7 Å². The summed E-state index contributed by atoms with van der Waals surface area (Å²) < 4.78 is 0. The summed E-state index contributed by atoms with van der Waals surface area (Å²) >= 11 is 0. The fraction of sp³-hybridized carbons (Fsp3) is 0.400. The molecule has 0 aliphatic carbocycles. The molecule has 0 saturated carbocycles. The zero-order valence-electron chi connectivity index (χ0n) is 14.7. The maximum atomic E-state index is 4.94. The van der Waals surface area contributed by atoms with E-state index in [2.05, 4.69) is 53.5 Å². The summed E-state index contributed by atoms with van der Waals surface area (Å²) in [5.74, 6) is 2.13. The van der Waals surface area contributed by atoms with Crippen molar-refractivity contribution in [3.8, 4) is 0 Å². The van der Waals surface area contributed by atoms with Crippen LogP contribution in [0.4, 0.5) is 11.5 Å². The first-order valence-electron chi connectivity index (χ1n) is 9.13. The Balaban J connectivity index is 0.00000182. The molecule has 25 heavy (non-hydrogen) atoms. The summed E-state index contributed by atoms with van der Waals surface area (Å²) in [5.41, 5.74) is 4.78. The number of piperidine rings is 1. The van der Waals surface area contributed by atoms with Crippen LogP contribution in [0.5, 0.6) is 0 Å². The van der Waals surface area contributed by atoms with Crippen molar-refractivity contribution < 1.29 is 17.7 Å². The molecule has 1 aromatic heterocycles. The second-order valence-corrected chi connectivity index (χ2v) is 6.67. The molecule has 0 spiro atoms. The van der Waals surface area contributed by atoms with Crippen molar-refractivity contribution in [3.05, 3.63) is 47.4 Å². The van der Waals surface area contributed by atoms with Gasteiger partial charge in [-0.2, -0.15) is 0 Å². The Morgan fingerprint density at radius 2 is 1.80 bits per heavy atom. The second kappa shape index (κ2) is 7.98. The fourth-order valence-electron chi connectivity index (χ4n) is 3.59. The highest BCUT2D eigenvalue weighted by Gasteiger charge is 2.29. The normalized spacial score (nSPS) is 16.2. The molecular weight excluding hydrogens is 332 g/mol. The molecule has 5 heteroatoms. The molecule has 2 aliphatic heterocycles. The lowest BCUT2D eigenvalue weighted by molar-refractivity contribution is -0.464. The van der Waals surface area contributed by atoms with Gasteiger partial charge in [0.1, 0.15) is 17.2 Å². The number of hydrogen-bond donors (Lipinski definition) is 1. The number of fused-ring (bicyclic) bond motifs is 1. The third-order valence-electron chi connectivity index (χ3n) is 4.83. The number of nitrogens with zero attached hydrogens (tertiary/aromatic N) is 3. The number of halogens is 1. The van der Waals surface area contributed by atoms with E-state index in [4.69, 9.17) is 9.97 Å². The number of hydrogen-bond acceptors (Lipinski definition) is 3. The Morgan fingerprint density at radius 3 is 2.52 bits per heavy atom. The van der Waals surface area contributed by atoms with Gasteiger partial charge in [0.05, 0.1) is 0 Å². The maximum Gasteiger partial charge on any atom is 0.203 e. The van der Waals surface area contributed by atoms with E-state index in [0.29, 0.717) is 0 Å². The van der Waals surface area contributed by atoms with Crippen molar-refractivity contribution in [3.63, 3.8) is 0 Å². The van der Waals surface area contributed by atoms with Gasteiger partial charge in [-0.05, 0) is 37.8 Å². The number of aryl methyl sites for hydroxylation is 1. The van der Waals surface area contributed by atoms with Crippen LogP contribution in [0.25, 0.3) is 11.8 Å². The van der Waals surface area contributed by atoms with Gasteiger partial charge in [-0.1, -0.05) is 25.1 Å². The second-order valence-electron chi connectivity index (χ2n) is 6.67. The molecule has 2 aliphatic rings. The van der Waals surface area contributed by atoms with Crippen molar-refractivity contribution in [1.29, 1.82) is 0 Å². The average Bonchev–Trinajstić information content (AvgIpc) is 3.07. The van der Waals surface area contributed by atoms with Crippen LogP contribution in [-0.2, 0) is 6.42 Å². The predicted octanol–water partition coefficient (Wildman–Crippen LogP) is 0.130. The molecule has 0 radical (unpaired) electrons. The molecule has 2 N–H and O–H groups in total. The SMILES string of the molecule is CCCc1nc2c(c(N3CCCCC3)n1)[NH2+]C(c1ccccc1)=C2.[Cl-]. The number of anilines is 1. The molecule has 1 fully saturated rings. The minimum absolute atomic E-state index is 0. The van der Waals surface area contributed by atoms with E-state index in [1.807, 2.05) is 0 Å². The standard InChI is InChI=1S/C20H24N4.ClH/c1-2-9-18-21-17-14-16(15-10-5-3-6-11-15)22-19(17)20(23-18)24-12-7-4-8-13-24;/h3,5-6,10-11,14,22H,2,4,7-9,12-13H2,1H3;1H. The molecule has 0 bridgehead atoms. The van der Waals surface area contributed by atoms with E-state index < -0.39 is 0 Å². The first-order chi connectivity index (χ1) is 11.8. The van der Waals surface area contributed by atoms with Crippen LogP contribution < -0.4 is 22.6 Å². The van der Waals surface area contributed by atoms with Crippen molar-refractivity contribution in [2.24, 2.45) is 0 Å². The van der Waals surface area contributed by atoms with Crippen LogP contribution in [-0.4, -0.2) is 23.1 Å². The first kappa shape index (κ1) is 17.9. The van der Waals surface area contributed by atoms with Gasteiger partial charge in [-0.3, -0.25) is 5.32 Å². The third-order valence-corrected chi connectivity index (χ3v) is 4.83. The van der Waals surface area contributed by atoms with Crippen molar-refractivity contribution in [1.82, 2.24) is 9.97 Å². The zero-order chi connectivity index (χ0) is 16.4. The Morgan fingerprint density at radius 1 is 1.04 bits per heavy atom. The van der Waals surface area contributed by atoms with E-state index in [0.717, 1.165) is 43.3 Å². The van der Waals surface area contributed by atoms with E-state index in [1.54, 1.807) is 0 Å². The molecule has 0 unspecified atom stereocenters. The highest BCUT2D eigenvalue weighted by atomic mass is 35.5. The number of quaternary nitrogens is 1. The lowest BCUT2D eigenvalue weighted by atomic mass is 10.1. The van der Waals surface area contributed by atoms with Gasteiger partial charge in [0, 0.05) is 31.1 Å². The highest BCUT2D eigenvalue weighted by Crippen LogP contribution is 2.31. The van der Waals surface area contributed by atoms with Crippen LogP contribution in [0.2, 0.25) is 0 Å². The first-order valence-corrected chi connectivity index (χ1v) is 9.13. The van der Waals surface area contributed by atoms with Gasteiger partial charge in [-0.15, -0.1) is 0 Å². The molecule has 3 heterocycles. The quantitative estimate of drug-likeness (QED) is 0.847. The monoisotopic (exact) mass is 356 g/mol. The number of rotatable bonds is 4. The average molecular weight is 357 g/mol. The fourth-order valence-corrected chi connectivity index (χ4v) is 3.59. The summed E-state index contributed by atoms with van der Waals surface area (Å²) in [6.45, 7) is 4.42. The number of nitrogens with two attached hydrogens (primary N) is 1. The zero-order valence-corrected chi connectivity index (χ0v) is 15.5. The largest absolute Gasteiger partial charge is 1.00 e. The van der Waals surface area contributed by atoms with Gasteiger partial charge >= 0.3 is 0 Å². The van der Waals surface area contributed by atoms with Gasteiger partial charge in [0.2, 0.25) is 5.69 Å². The lowest BCUT2D eigenvalue weighted by Gasteiger charge is -2.28. The Kier molecular flexibility index (Phi) is 5.71. The Hall–Kier alpha value is -1.91. The van der Waals surface area contributed by atoms with E-state index >= 15 is 0 Å². The molecule has 0 amide bonds. The minimum atomic E-state index is 0. The topological polar surface area (TPSA) is 45.6 Å². The van der Waals surface area contributed by atoms with E-state index in [-0.39, 0.29) is 12.4 Å². The highest BCUT2D eigenvalue weighted by molar-refractivity contribution is 5.86. The van der Waals surface area contributed by atoms with E-state index in [9.17, 15) is 0 Å². The minimum Gasteiger partial charge on any atom is -1.00 e. The third kappa shape index (κ3) is 3.70. The molecule has 132 valence electrons. The Labute approximate surface area is 155 Å². The molecule has 1 saturated heterocycles. The molecule has 4 rings (SSSR count). The van der Waals surface area contributed by atoms with Crippen molar-refractivity contribution >= 4 is 23.3 Å². The van der Waals surface area contributed by atoms with E-state index in [1.165, 1.54) is 36.2 Å². The summed E-state index contributed by atoms with van der Waals surface area (Å²) in [6, 6.07) is 10.6.